The molecular weight excluding hydrogens is 296 g/mol. The Bertz CT molecular complexity index is 603. The van der Waals surface area contributed by atoms with Crippen LogP contribution in [-0.4, -0.2) is 17.5 Å². The van der Waals surface area contributed by atoms with Crippen molar-refractivity contribution in [3.8, 4) is 0 Å². The highest BCUT2D eigenvalue weighted by molar-refractivity contribution is 6.01. The molecule has 3 saturated carbocycles. The van der Waals surface area contributed by atoms with Gasteiger partial charge in [-0.15, -0.1) is 0 Å². The van der Waals surface area contributed by atoms with Gasteiger partial charge < -0.3 is 5.11 Å². The number of aliphatic hydroxyl groups excluding tert-OH is 1. The van der Waals surface area contributed by atoms with E-state index in [4.69, 9.17) is 0 Å². The lowest BCUT2D eigenvalue weighted by molar-refractivity contribution is -0.111. The van der Waals surface area contributed by atoms with Crippen molar-refractivity contribution < 1.29 is 9.90 Å². The van der Waals surface area contributed by atoms with Gasteiger partial charge in [-0.3, -0.25) is 4.79 Å². The molecule has 0 amide bonds. The summed E-state index contributed by atoms with van der Waals surface area (Å²) in [5.74, 6) is 3.58. The van der Waals surface area contributed by atoms with E-state index in [1.165, 1.54) is 37.7 Å². The Morgan fingerprint density at radius 3 is 2.75 bits per heavy atom. The fraction of sp³-hybridized carbons (Fsp3) is 0.773. The van der Waals surface area contributed by atoms with E-state index in [0.717, 1.165) is 18.3 Å². The van der Waals surface area contributed by atoms with E-state index in [1.807, 2.05) is 12.2 Å². The van der Waals surface area contributed by atoms with Crippen molar-refractivity contribution >= 4 is 5.78 Å². The minimum atomic E-state index is 0.110. The van der Waals surface area contributed by atoms with Crippen molar-refractivity contribution in [2.75, 3.05) is 6.61 Å². The van der Waals surface area contributed by atoms with Crippen molar-refractivity contribution in [2.45, 2.75) is 59.3 Å². The SMILES string of the molecule is CC(CO)[C@@H]1CC[C@@H]2[C@H]3CCC4=CC(=O)C=C[C@@]4(C)[C@@H]3CC[C@]21C. The molecule has 132 valence electrons. The van der Waals surface area contributed by atoms with Crippen LogP contribution in [0.4, 0.5) is 0 Å². The third kappa shape index (κ3) is 2.14. The Kier molecular flexibility index (Phi) is 3.84. The molecule has 0 bridgehead atoms. The Hall–Kier alpha value is -0.890. The number of fused-ring (bicyclic) bond motifs is 5. The van der Waals surface area contributed by atoms with Gasteiger partial charge in [0.05, 0.1) is 0 Å². The van der Waals surface area contributed by atoms with Gasteiger partial charge in [-0.05, 0) is 85.7 Å². The number of allylic oxidation sites excluding steroid dienone is 4. The molecule has 24 heavy (non-hydrogen) atoms. The summed E-state index contributed by atoms with van der Waals surface area (Å²) in [6.45, 7) is 7.47. The van der Waals surface area contributed by atoms with Crippen molar-refractivity contribution in [3.63, 3.8) is 0 Å². The van der Waals surface area contributed by atoms with Crippen LogP contribution in [0.2, 0.25) is 0 Å². The maximum atomic E-state index is 11.8. The van der Waals surface area contributed by atoms with Gasteiger partial charge in [0.25, 0.3) is 0 Å². The number of hydrogen-bond donors (Lipinski definition) is 1. The lowest BCUT2D eigenvalue weighted by Crippen LogP contribution is -2.50. The van der Waals surface area contributed by atoms with Gasteiger partial charge in [0.15, 0.2) is 5.78 Å². The van der Waals surface area contributed by atoms with E-state index in [9.17, 15) is 9.90 Å². The summed E-state index contributed by atoms with van der Waals surface area (Å²) >= 11 is 0. The molecule has 4 aliphatic carbocycles. The minimum absolute atomic E-state index is 0.110. The van der Waals surface area contributed by atoms with Gasteiger partial charge in [-0.25, -0.2) is 0 Å². The first kappa shape index (κ1) is 16.6. The predicted octanol–water partition coefficient (Wildman–Crippen LogP) is 4.54. The number of carbonyl (C=O) groups is 1. The molecule has 7 atom stereocenters. The van der Waals surface area contributed by atoms with Crippen LogP contribution in [0.15, 0.2) is 23.8 Å². The third-order valence-electron chi connectivity index (χ3n) is 8.60. The zero-order chi connectivity index (χ0) is 17.1. The smallest absolute Gasteiger partial charge is 0.178 e. The average molecular weight is 328 g/mol. The standard InChI is InChI=1S/C22H32O2/c1-14(13-23)18-6-7-19-17-5-4-15-12-16(24)8-10-21(15,2)20(17)9-11-22(18,19)3/h8,10,12,14,17-20,23H,4-7,9,11,13H2,1-3H3/t14?,17-,18+,19-,20-,21-,22+/m1/s1. The number of carbonyl (C=O) groups excluding carboxylic acids is 1. The van der Waals surface area contributed by atoms with Gasteiger partial charge in [0.1, 0.15) is 0 Å². The second-order valence-electron chi connectivity index (χ2n) is 9.49. The predicted molar refractivity (Wildman–Crippen MR) is 96.4 cm³/mol. The topological polar surface area (TPSA) is 37.3 Å². The molecular formula is C22H32O2. The lowest BCUT2D eigenvalue weighted by Gasteiger charge is -2.57. The average Bonchev–Trinajstić information content (AvgIpc) is 2.92. The van der Waals surface area contributed by atoms with E-state index < -0.39 is 0 Å². The monoisotopic (exact) mass is 328 g/mol. The van der Waals surface area contributed by atoms with Crippen LogP contribution in [0.3, 0.4) is 0 Å². The maximum absolute atomic E-state index is 11.8. The highest BCUT2D eigenvalue weighted by atomic mass is 16.3. The first-order chi connectivity index (χ1) is 11.4. The van der Waals surface area contributed by atoms with Crippen molar-refractivity contribution in [2.24, 2.45) is 40.4 Å². The van der Waals surface area contributed by atoms with Crippen LogP contribution in [0.1, 0.15) is 59.3 Å². The molecule has 0 saturated heterocycles. The van der Waals surface area contributed by atoms with Crippen molar-refractivity contribution in [1.29, 1.82) is 0 Å². The quantitative estimate of drug-likeness (QED) is 0.808. The number of aliphatic hydroxyl groups is 1. The summed E-state index contributed by atoms with van der Waals surface area (Å²) < 4.78 is 0. The molecule has 0 heterocycles. The highest BCUT2D eigenvalue weighted by Crippen LogP contribution is 2.66. The minimum Gasteiger partial charge on any atom is -0.396 e. The molecule has 0 aromatic heterocycles. The third-order valence-corrected chi connectivity index (χ3v) is 8.60. The van der Waals surface area contributed by atoms with Crippen LogP contribution in [-0.2, 0) is 4.79 Å². The molecule has 0 aromatic rings. The Morgan fingerprint density at radius 1 is 1.21 bits per heavy atom. The molecule has 0 aromatic carbocycles. The summed E-state index contributed by atoms with van der Waals surface area (Å²) in [5.41, 5.74) is 1.91. The van der Waals surface area contributed by atoms with Gasteiger partial charge in [0, 0.05) is 12.0 Å². The normalized spacial score (nSPS) is 48.3. The second kappa shape index (κ2) is 5.56. The molecule has 0 spiro atoms. The fourth-order valence-corrected chi connectivity index (χ4v) is 7.30. The summed E-state index contributed by atoms with van der Waals surface area (Å²) in [5, 5.41) is 9.70. The number of rotatable bonds is 2. The van der Waals surface area contributed by atoms with Crippen LogP contribution < -0.4 is 0 Å². The second-order valence-corrected chi connectivity index (χ2v) is 9.49. The van der Waals surface area contributed by atoms with Crippen molar-refractivity contribution in [1.82, 2.24) is 0 Å². The molecule has 2 heteroatoms. The molecule has 1 N–H and O–H groups in total. The zero-order valence-electron chi connectivity index (χ0n) is 15.4. The van der Waals surface area contributed by atoms with E-state index >= 15 is 0 Å². The van der Waals surface area contributed by atoms with E-state index in [2.05, 4.69) is 26.8 Å². The molecule has 3 fully saturated rings. The van der Waals surface area contributed by atoms with Crippen LogP contribution >= 0.6 is 0 Å². The van der Waals surface area contributed by atoms with Gasteiger partial charge >= 0.3 is 0 Å². The Balaban J connectivity index is 1.65. The van der Waals surface area contributed by atoms with E-state index in [1.54, 1.807) is 0 Å². The maximum Gasteiger partial charge on any atom is 0.178 e. The first-order valence-electron chi connectivity index (χ1n) is 9.95. The van der Waals surface area contributed by atoms with E-state index in [-0.39, 0.29) is 11.2 Å². The number of hydrogen-bond acceptors (Lipinski definition) is 2. The molecule has 0 aliphatic heterocycles. The van der Waals surface area contributed by atoms with Crippen LogP contribution in [0.5, 0.6) is 0 Å². The first-order valence-corrected chi connectivity index (χ1v) is 9.95. The summed E-state index contributed by atoms with van der Waals surface area (Å²) in [6, 6.07) is 0. The van der Waals surface area contributed by atoms with Gasteiger partial charge in [0.2, 0.25) is 0 Å². The zero-order valence-corrected chi connectivity index (χ0v) is 15.4. The van der Waals surface area contributed by atoms with E-state index in [0.29, 0.717) is 29.8 Å². The molecule has 4 aliphatic rings. The molecule has 4 rings (SSSR count). The number of ketones is 1. The van der Waals surface area contributed by atoms with Crippen LogP contribution in [0, 0.1) is 40.4 Å². The molecule has 0 radical (unpaired) electrons. The fourth-order valence-electron chi connectivity index (χ4n) is 7.30. The molecule has 1 unspecified atom stereocenters. The van der Waals surface area contributed by atoms with Gasteiger partial charge in [-0.2, -0.15) is 0 Å². The lowest BCUT2D eigenvalue weighted by atomic mass is 9.47. The summed E-state index contributed by atoms with van der Waals surface area (Å²) in [7, 11) is 0. The summed E-state index contributed by atoms with van der Waals surface area (Å²) in [6.07, 6.45) is 13.5. The van der Waals surface area contributed by atoms with Crippen LogP contribution in [0.25, 0.3) is 0 Å². The Morgan fingerprint density at radius 2 is 2.00 bits per heavy atom. The van der Waals surface area contributed by atoms with Crippen molar-refractivity contribution in [3.05, 3.63) is 23.8 Å². The largest absolute Gasteiger partial charge is 0.396 e. The highest BCUT2D eigenvalue weighted by Gasteiger charge is 2.58. The molecule has 2 nitrogen and oxygen atoms in total. The summed E-state index contributed by atoms with van der Waals surface area (Å²) in [4.78, 5) is 11.8. The Labute approximate surface area is 146 Å². The van der Waals surface area contributed by atoms with Gasteiger partial charge in [-0.1, -0.05) is 32.4 Å².